The van der Waals surface area contributed by atoms with Gasteiger partial charge in [-0.3, -0.25) is 9.59 Å². The lowest BCUT2D eigenvalue weighted by molar-refractivity contribution is 0.0629. The summed E-state index contributed by atoms with van der Waals surface area (Å²) in [5.41, 5.74) is 6.85. The summed E-state index contributed by atoms with van der Waals surface area (Å²) < 4.78 is 0. The van der Waals surface area contributed by atoms with Gasteiger partial charge < -0.3 is 20.9 Å². The Bertz CT molecular complexity index is 743. The number of nitrogens with zero attached hydrogens (tertiary/aromatic N) is 1. The summed E-state index contributed by atoms with van der Waals surface area (Å²) in [4.78, 5) is 28.6. The number of H-pyrrole nitrogens is 1. The van der Waals surface area contributed by atoms with Crippen molar-refractivity contribution in [2.45, 2.75) is 6.04 Å². The van der Waals surface area contributed by atoms with E-state index in [0.29, 0.717) is 35.9 Å². The number of benzene rings is 1. The van der Waals surface area contributed by atoms with Crippen LogP contribution in [0.3, 0.4) is 0 Å². The van der Waals surface area contributed by atoms with Crippen LogP contribution in [0.25, 0.3) is 0 Å². The van der Waals surface area contributed by atoms with Gasteiger partial charge in [0, 0.05) is 30.9 Å². The van der Waals surface area contributed by atoms with Crippen LogP contribution in [0.4, 0.5) is 0 Å². The van der Waals surface area contributed by atoms with Gasteiger partial charge in [-0.15, -0.1) is 0 Å². The topological polar surface area (TPSA) is 91.2 Å². The van der Waals surface area contributed by atoms with Crippen LogP contribution in [-0.2, 0) is 0 Å². The number of rotatable bonds is 3. The molecule has 2 heterocycles. The molecule has 1 saturated heterocycles. The Hall–Kier alpha value is -2.31. The Morgan fingerprint density at radius 1 is 1.30 bits per heavy atom. The van der Waals surface area contributed by atoms with Gasteiger partial charge in [-0.2, -0.15) is 0 Å². The van der Waals surface area contributed by atoms with Crippen molar-refractivity contribution in [1.82, 2.24) is 15.2 Å². The van der Waals surface area contributed by atoms with E-state index in [-0.39, 0.29) is 11.9 Å². The fraction of sp³-hybridized carbons (Fsp3) is 0.250. The zero-order chi connectivity index (χ0) is 16.4. The number of aromatic nitrogens is 1. The minimum Gasteiger partial charge on any atom is -0.366 e. The molecule has 1 aliphatic rings. The molecule has 6 nitrogen and oxygen atoms in total. The van der Waals surface area contributed by atoms with E-state index in [9.17, 15) is 9.59 Å². The SMILES string of the molecule is NC(=O)c1c[nH]c(C(=O)N2CCNCC2c2cccc(Cl)c2)c1. The molecule has 0 spiro atoms. The first-order valence-corrected chi connectivity index (χ1v) is 7.69. The van der Waals surface area contributed by atoms with Crippen molar-refractivity contribution in [3.05, 3.63) is 58.4 Å². The van der Waals surface area contributed by atoms with Crippen LogP contribution < -0.4 is 11.1 Å². The first kappa shape index (κ1) is 15.6. The highest BCUT2D eigenvalue weighted by Gasteiger charge is 2.29. The van der Waals surface area contributed by atoms with E-state index in [1.165, 1.54) is 12.3 Å². The molecule has 2 aromatic rings. The van der Waals surface area contributed by atoms with Crippen LogP contribution in [0.1, 0.15) is 32.5 Å². The first-order valence-electron chi connectivity index (χ1n) is 7.31. The number of primary amides is 1. The third kappa shape index (κ3) is 3.23. The fourth-order valence-corrected chi connectivity index (χ4v) is 2.97. The molecular formula is C16H17ClN4O2. The minimum absolute atomic E-state index is 0.115. The third-order valence-electron chi connectivity index (χ3n) is 3.94. The number of carbonyl (C=O) groups is 2. The van der Waals surface area contributed by atoms with Crippen molar-refractivity contribution in [1.29, 1.82) is 0 Å². The second-order valence-corrected chi connectivity index (χ2v) is 5.88. The van der Waals surface area contributed by atoms with Gasteiger partial charge >= 0.3 is 0 Å². The van der Waals surface area contributed by atoms with E-state index in [1.54, 1.807) is 11.0 Å². The zero-order valence-electron chi connectivity index (χ0n) is 12.4. The van der Waals surface area contributed by atoms with E-state index < -0.39 is 5.91 Å². The lowest BCUT2D eigenvalue weighted by Gasteiger charge is -2.36. The van der Waals surface area contributed by atoms with Gasteiger partial charge in [0.25, 0.3) is 5.91 Å². The van der Waals surface area contributed by atoms with Crippen LogP contribution in [0.15, 0.2) is 36.5 Å². The van der Waals surface area contributed by atoms with Crippen LogP contribution >= 0.6 is 11.6 Å². The van der Waals surface area contributed by atoms with E-state index in [2.05, 4.69) is 10.3 Å². The van der Waals surface area contributed by atoms with E-state index in [4.69, 9.17) is 17.3 Å². The summed E-state index contributed by atoms with van der Waals surface area (Å²) in [5, 5.41) is 3.93. The molecule has 0 radical (unpaired) electrons. The van der Waals surface area contributed by atoms with Gasteiger partial charge in [0.15, 0.2) is 0 Å². The normalized spacial score (nSPS) is 18.0. The third-order valence-corrected chi connectivity index (χ3v) is 4.17. The fourth-order valence-electron chi connectivity index (χ4n) is 2.77. The number of hydrogen-bond acceptors (Lipinski definition) is 3. The Morgan fingerprint density at radius 2 is 2.13 bits per heavy atom. The number of aromatic amines is 1. The number of nitrogens with two attached hydrogens (primary N) is 1. The molecule has 120 valence electrons. The standard InChI is InChI=1S/C16H17ClN4O2/c17-12-3-1-2-10(6-12)14-9-19-4-5-21(14)16(23)13-7-11(8-20-13)15(18)22/h1-3,6-8,14,19-20H,4-5,9H2,(H2,18,22). The highest BCUT2D eigenvalue weighted by molar-refractivity contribution is 6.30. The molecular weight excluding hydrogens is 316 g/mol. The van der Waals surface area contributed by atoms with E-state index >= 15 is 0 Å². The lowest BCUT2D eigenvalue weighted by Crippen LogP contribution is -2.48. The Morgan fingerprint density at radius 3 is 2.83 bits per heavy atom. The van der Waals surface area contributed by atoms with E-state index in [1.807, 2.05) is 18.2 Å². The molecule has 7 heteroatoms. The van der Waals surface area contributed by atoms with Crippen LogP contribution in [0.5, 0.6) is 0 Å². The largest absolute Gasteiger partial charge is 0.366 e. The highest BCUT2D eigenvalue weighted by Crippen LogP contribution is 2.26. The summed E-state index contributed by atoms with van der Waals surface area (Å²) >= 11 is 6.07. The molecule has 1 atom stereocenters. The molecule has 1 fully saturated rings. The van der Waals surface area contributed by atoms with Gasteiger partial charge in [0.05, 0.1) is 11.6 Å². The minimum atomic E-state index is -0.563. The molecule has 23 heavy (non-hydrogen) atoms. The van der Waals surface area contributed by atoms with Gasteiger partial charge in [0.2, 0.25) is 5.91 Å². The molecule has 3 rings (SSSR count). The van der Waals surface area contributed by atoms with Crippen molar-refractivity contribution < 1.29 is 9.59 Å². The van der Waals surface area contributed by atoms with Crippen molar-refractivity contribution >= 4 is 23.4 Å². The second kappa shape index (κ2) is 6.44. The van der Waals surface area contributed by atoms with Crippen molar-refractivity contribution in [3.8, 4) is 0 Å². The van der Waals surface area contributed by atoms with Gasteiger partial charge in [-0.1, -0.05) is 23.7 Å². The molecule has 2 amide bonds. The van der Waals surface area contributed by atoms with E-state index in [0.717, 1.165) is 5.56 Å². The number of piperazine rings is 1. The maximum Gasteiger partial charge on any atom is 0.270 e. The monoisotopic (exact) mass is 332 g/mol. The van der Waals surface area contributed by atoms with Crippen LogP contribution in [-0.4, -0.2) is 41.3 Å². The van der Waals surface area contributed by atoms with Crippen LogP contribution in [0, 0.1) is 0 Å². The Kier molecular flexibility index (Phi) is 4.36. The average Bonchev–Trinajstić information content (AvgIpc) is 3.04. The van der Waals surface area contributed by atoms with Crippen molar-refractivity contribution in [3.63, 3.8) is 0 Å². The van der Waals surface area contributed by atoms with Crippen LogP contribution in [0.2, 0.25) is 5.02 Å². The smallest absolute Gasteiger partial charge is 0.270 e. The number of hydrogen-bond donors (Lipinski definition) is 3. The number of amides is 2. The predicted octanol–water partition coefficient (Wildman–Crippen LogP) is 1.55. The van der Waals surface area contributed by atoms with Gasteiger partial charge in [-0.25, -0.2) is 0 Å². The molecule has 0 bridgehead atoms. The second-order valence-electron chi connectivity index (χ2n) is 5.44. The first-order chi connectivity index (χ1) is 11.1. The molecule has 0 aliphatic carbocycles. The summed E-state index contributed by atoms with van der Waals surface area (Å²) in [7, 11) is 0. The highest BCUT2D eigenvalue weighted by atomic mass is 35.5. The molecule has 4 N–H and O–H groups in total. The van der Waals surface area contributed by atoms with Crippen molar-refractivity contribution in [2.24, 2.45) is 5.73 Å². The lowest BCUT2D eigenvalue weighted by atomic mass is 10.0. The summed E-state index contributed by atoms with van der Waals surface area (Å²) in [5.74, 6) is -0.726. The van der Waals surface area contributed by atoms with Gasteiger partial charge in [0.1, 0.15) is 5.69 Å². The summed E-state index contributed by atoms with van der Waals surface area (Å²) in [6, 6.07) is 8.86. The zero-order valence-corrected chi connectivity index (χ0v) is 13.1. The maximum absolute atomic E-state index is 12.8. The summed E-state index contributed by atoms with van der Waals surface area (Å²) in [6.07, 6.45) is 1.45. The van der Waals surface area contributed by atoms with Gasteiger partial charge in [-0.05, 0) is 23.8 Å². The number of nitrogens with one attached hydrogen (secondary N) is 2. The Labute approximate surface area is 138 Å². The van der Waals surface area contributed by atoms with Crippen molar-refractivity contribution in [2.75, 3.05) is 19.6 Å². The molecule has 1 unspecified atom stereocenters. The summed E-state index contributed by atoms with van der Waals surface area (Å²) in [6.45, 7) is 1.93. The molecule has 1 aromatic heterocycles. The Balaban J connectivity index is 1.88. The number of halogens is 1. The predicted molar refractivity (Wildman–Crippen MR) is 87.4 cm³/mol. The maximum atomic E-state index is 12.8. The quantitative estimate of drug-likeness (QED) is 0.796. The average molecular weight is 333 g/mol. The molecule has 1 aromatic carbocycles. The molecule has 1 aliphatic heterocycles. The molecule has 0 saturated carbocycles. The number of carbonyl (C=O) groups excluding carboxylic acids is 2.